The molecule has 104 valence electrons. The van der Waals surface area contributed by atoms with E-state index in [4.69, 9.17) is 4.74 Å². The maximum atomic E-state index is 10.6. The Balaban J connectivity index is 1.73. The van der Waals surface area contributed by atoms with Gasteiger partial charge in [0, 0.05) is 6.61 Å². The standard InChI is InChI=1S/C17H24O2/c1-17(11-2-3-12-19-17)16(18)15-9-7-14(8-10-15)13-5-4-6-13/h7-10,13,16,18H,2-6,11-12H2,1H3. The first-order chi connectivity index (χ1) is 9.19. The number of aliphatic hydroxyl groups excluding tert-OH is 1. The average molecular weight is 260 g/mol. The van der Waals surface area contributed by atoms with Crippen molar-refractivity contribution in [3.8, 4) is 0 Å². The van der Waals surface area contributed by atoms with Crippen LogP contribution in [0.3, 0.4) is 0 Å². The molecule has 0 bridgehead atoms. The average Bonchev–Trinajstić information content (AvgIpc) is 2.38. The lowest BCUT2D eigenvalue weighted by atomic mass is 9.79. The van der Waals surface area contributed by atoms with Crippen LogP contribution in [0.1, 0.15) is 68.6 Å². The Morgan fingerprint density at radius 3 is 2.42 bits per heavy atom. The molecule has 2 nitrogen and oxygen atoms in total. The molecule has 0 radical (unpaired) electrons. The second-order valence-electron chi connectivity index (χ2n) is 6.32. The van der Waals surface area contributed by atoms with Crippen LogP contribution in [-0.2, 0) is 4.74 Å². The van der Waals surface area contributed by atoms with E-state index in [-0.39, 0.29) is 0 Å². The first kappa shape index (κ1) is 13.1. The maximum Gasteiger partial charge on any atom is 0.108 e. The molecule has 0 aromatic heterocycles. The van der Waals surface area contributed by atoms with Crippen molar-refractivity contribution < 1.29 is 9.84 Å². The van der Waals surface area contributed by atoms with E-state index >= 15 is 0 Å². The molecule has 1 saturated carbocycles. The summed E-state index contributed by atoms with van der Waals surface area (Å²) in [5, 5.41) is 10.6. The monoisotopic (exact) mass is 260 g/mol. The fraction of sp³-hybridized carbons (Fsp3) is 0.647. The molecule has 1 aliphatic heterocycles. The Kier molecular flexibility index (Phi) is 3.64. The molecule has 2 fully saturated rings. The summed E-state index contributed by atoms with van der Waals surface area (Å²) in [5.41, 5.74) is 2.01. The van der Waals surface area contributed by atoms with Gasteiger partial charge in [0.05, 0.1) is 5.60 Å². The zero-order valence-electron chi connectivity index (χ0n) is 11.8. The molecule has 1 saturated heterocycles. The number of rotatable bonds is 3. The van der Waals surface area contributed by atoms with E-state index in [1.807, 2.05) is 6.92 Å². The summed E-state index contributed by atoms with van der Waals surface area (Å²) in [4.78, 5) is 0. The van der Waals surface area contributed by atoms with Crippen LogP contribution in [0, 0.1) is 0 Å². The highest BCUT2D eigenvalue weighted by Crippen LogP contribution is 2.39. The Morgan fingerprint density at radius 2 is 1.89 bits per heavy atom. The zero-order valence-corrected chi connectivity index (χ0v) is 11.8. The van der Waals surface area contributed by atoms with Crippen LogP contribution >= 0.6 is 0 Å². The van der Waals surface area contributed by atoms with Gasteiger partial charge in [-0.3, -0.25) is 0 Å². The second-order valence-corrected chi connectivity index (χ2v) is 6.32. The first-order valence-corrected chi connectivity index (χ1v) is 7.61. The summed E-state index contributed by atoms with van der Waals surface area (Å²) in [6, 6.07) is 8.55. The van der Waals surface area contributed by atoms with E-state index in [2.05, 4.69) is 24.3 Å². The minimum atomic E-state index is -0.511. The predicted molar refractivity (Wildman–Crippen MR) is 76.2 cm³/mol. The first-order valence-electron chi connectivity index (χ1n) is 7.61. The van der Waals surface area contributed by atoms with Gasteiger partial charge in [-0.15, -0.1) is 0 Å². The van der Waals surface area contributed by atoms with Gasteiger partial charge in [0.25, 0.3) is 0 Å². The third-order valence-electron chi connectivity index (χ3n) is 4.91. The summed E-state index contributed by atoms with van der Waals surface area (Å²) in [7, 11) is 0. The molecule has 2 unspecified atom stereocenters. The Labute approximate surface area is 115 Å². The molecule has 19 heavy (non-hydrogen) atoms. The fourth-order valence-corrected chi connectivity index (χ4v) is 3.22. The molecule has 1 aromatic carbocycles. The van der Waals surface area contributed by atoms with Crippen LogP contribution in [0.15, 0.2) is 24.3 Å². The van der Waals surface area contributed by atoms with E-state index in [9.17, 15) is 5.11 Å². The zero-order chi connectivity index (χ0) is 13.3. The Hall–Kier alpha value is -0.860. The van der Waals surface area contributed by atoms with Crippen molar-refractivity contribution in [2.24, 2.45) is 0 Å². The highest BCUT2D eigenvalue weighted by atomic mass is 16.5. The normalized spacial score (nSPS) is 29.8. The van der Waals surface area contributed by atoms with Crippen LogP contribution in [0.4, 0.5) is 0 Å². The molecule has 0 spiro atoms. The largest absolute Gasteiger partial charge is 0.385 e. The number of ether oxygens (including phenoxy) is 1. The number of aliphatic hydroxyl groups is 1. The Bertz CT molecular complexity index is 413. The molecule has 3 rings (SSSR count). The van der Waals surface area contributed by atoms with Gasteiger partial charge in [-0.05, 0) is 56.1 Å². The molecule has 1 aromatic rings. The summed E-state index contributed by atoms with van der Waals surface area (Å²) in [6.07, 6.45) is 6.70. The van der Waals surface area contributed by atoms with Gasteiger partial charge in [-0.2, -0.15) is 0 Å². The summed E-state index contributed by atoms with van der Waals surface area (Å²) >= 11 is 0. The maximum absolute atomic E-state index is 10.6. The predicted octanol–water partition coefficient (Wildman–Crippen LogP) is 3.95. The minimum absolute atomic E-state index is 0.407. The van der Waals surface area contributed by atoms with Crippen molar-refractivity contribution in [3.63, 3.8) is 0 Å². The van der Waals surface area contributed by atoms with E-state index in [0.717, 1.165) is 37.4 Å². The van der Waals surface area contributed by atoms with E-state index in [0.29, 0.717) is 0 Å². The topological polar surface area (TPSA) is 29.5 Å². The number of hydrogen-bond donors (Lipinski definition) is 1. The smallest absolute Gasteiger partial charge is 0.108 e. The van der Waals surface area contributed by atoms with Crippen molar-refractivity contribution in [3.05, 3.63) is 35.4 Å². The lowest BCUT2D eigenvalue weighted by Gasteiger charge is -2.38. The molecule has 2 aliphatic rings. The van der Waals surface area contributed by atoms with Gasteiger partial charge in [-0.25, -0.2) is 0 Å². The van der Waals surface area contributed by atoms with Crippen molar-refractivity contribution in [2.45, 2.75) is 63.1 Å². The van der Waals surface area contributed by atoms with Crippen LogP contribution in [0.25, 0.3) is 0 Å². The van der Waals surface area contributed by atoms with E-state index in [1.165, 1.54) is 24.8 Å². The number of benzene rings is 1. The molecular weight excluding hydrogens is 236 g/mol. The van der Waals surface area contributed by atoms with Crippen LogP contribution in [-0.4, -0.2) is 17.3 Å². The van der Waals surface area contributed by atoms with Crippen molar-refractivity contribution in [2.75, 3.05) is 6.61 Å². The molecule has 1 aliphatic carbocycles. The van der Waals surface area contributed by atoms with Crippen LogP contribution in [0.2, 0.25) is 0 Å². The van der Waals surface area contributed by atoms with Crippen LogP contribution in [0.5, 0.6) is 0 Å². The molecular formula is C17H24O2. The van der Waals surface area contributed by atoms with Gasteiger partial charge in [0.15, 0.2) is 0 Å². The van der Waals surface area contributed by atoms with Crippen LogP contribution < -0.4 is 0 Å². The summed E-state index contributed by atoms with van der Waals surface area (Å²) in [6.45, 7) is 2.81. The molecule has 2 heteroatoms. The fourth-order valence-electron chi connectivity index (χ4n) is 3.22. The highest BCUT2D eigenvalue weighted by molar-refractivity contribution is 5.29. The van der Waals surface area contributed by atoms with Gasteiger partial charge >= 0.3 is 0 Å². The lowest BCUT2D eigenvalue weighted by Crippen LogP contribution is -2.39. The van der Waals surface area contributed by atoms with Gasteiger partial charge in [0.2, 0.25) is 0 Å². The lowest BCUT2D eigenvalue weighted by molar-refractivity contribution is -0.138. The van der Waals surface area contributed by atoms with E-state index < -0.39 is 11.7 Å². The minimum Gasteiger partial charge on any atom is -0.385 e. The second kappa shape index (κ2) is 5.26. The molecule has 2 atom stereocenters. The van der Waals surface area contributed by atoms with Crippen molar-refractivity contribution in [1.82, 2.24) is 0 Å². The third kappa shape index (κ3) is 2.56. The summed E-state index contributed by atoms with van der Waals surface area (Å²) < 4.78 is 5.84. The SMILES string of the molecule is CC1(C(O)c2ccc(C3CCC3)cc2)CCCCO1. The summed E-state index contributed by atoms with van der Waals surface area (Å²) in [5.74, 6) is 0.757. The number of hydrogen-bond acceptors (Lipinski definition) is 2. The molecule has 1 heterocycles. The quantitative estimate of drug-likeness (QED) is 0.891. The Morgan fingerprint density at radius 1 is 1.16 bits per heavy atom. The van der Waals surface area contributed by atoms with Gasteiger partial charge < -0.3 is 9.84 Å². The third-order valence-corrected chi connectivity index (χ3v) is 4.91. The van der Waals surface area contributed by atoms with E-state index in [1.54, 1.807) is 0 Å². The van der Waals surface area contributed by atoms with Gasteiger partial charge in [0.1, 0.15) is 6.10 Å². The molecule has 0 amide bonds. The van der Waals surface area contributed by atoms with Gasteiger partial charge in [-0.1, -0.05) is 30.7 Å². The highest BCUT2D eigenvalue weighted by Gasteiger charge is 2.36. The van der Waals surface area contributed by atoms with Crippen molar-refractivity contribution in [1.29, 1.82) is 0 Å². The molecule has 1 N–H and O–H groups in total. The van der Waals surface area contributed by atoms with Crippen molar-refractivity contribution >= 4 is 0 Å².